The van der Waals surface area contributed by atoms with Crippen molar-refractivity contribution in [2.75, 3.05) is 5.32 Å². The van der Waals surface area contributed by atoms with Crippen LogP contribution in [0.4, 0.5) is 5.69 Å². The van der Waals surface area contributed by atoms with E-state index in [1.165, 1.54) is 11.3 Å². The minimum Gasteiger partial charge on any atom is -0.320 e. The van der Waals surface area contributed by atoms with Gasteiger partial charge in [0.05, 0.1) is 21.3 Å². The smallest absolute Gasteiger partial charge is 0.267 e. The monoisotopic (exact) mass is 368 g/mol. The third-order valence-electron chi connectivity index (χ3n) is 2.91. The highest BCUT2D eigenvalue weighted by Gasteiger charge is 2.17. The standard InChI is InChI=1S/C15H10Cl2N2OS2/c1-8-13(22-15(18-8)12-3-2-6-21-12)14(20)19-11-7-9(16)4-5-10(11)17/h2-7H,1H3,(H,19,20). The Morgan fingerprint density at radius 2 is 2.09 bits per heavy atom. The molecule has 0 unspecified atom stereocenters. The van der Waals surface area contributed by atoms with Crippen LogP contribution in [0.25, 0.3) is 9.88 Å². The SMILES string of the molecule is Cc1nc(-c2cccs2)sc1C(=O)Nc1cc(Cl)ccc1Cl. The van der Waals surface area contributed by atoms with Crippen LogP contribution in [-0.2, 0) is 0 Å². The highest BCUT2D eigenvalue weighted by molar-refractivity contribution is 7.22. The average molecular weight is 369 g/mol. The van der Waals surface area contributed by atoms with Crippen molar-refractivity contribution in [1.82, 2.24) is 4.98 Å². The van der Waals surface area contributed by atoms with E-state index in [9.17, 15) is 4.79 Å². The van der Waals surface area contributed by atoms with Crippen molar-refractivity contribution in [2.45, 2.75) is 6.92 Å². The fourth-order valence-electron chi connectivity index (χ4n) is 1.89. The van der Waals surface area contributed by atoms with Gasteiger partial charge in [0.1, 0.15) is 9.88 Å². The van der Waals surface area contributed by atoms with Crippen LogP contribution in [0.3, 0.4) is 0 Å². The third-order valence-corrected chi connectivity index (χ3v) is 5.67. The van der Waals surface area contributed by atoms with Gasteiger partial charge in [0.25, 0.3) is 5.91 Å². The summed E-state index contributed by atoms with van der Waals surface area (Å²) in [5, 5.41) is 6.57. The van der Waals surface area contributed by atoms with Gasteiger partial charge >= 0.3 is 0 Å². The number of nitrogens with one attached hydrogen (secondary N) is 1. The van der Waals surface area contributed by atoms with Crippen molar-refractivity contribution in [3.8, 4) is 9.88 Å². The number of aryl methyl sites for hydroxylation is 1. The van der Waals surface area contributed by atoms with E-state index >= 15 is 0 Å². The molecule has 0 aliphatic rings. The maximum absolute atomic E-state index is 12.4. The molecule has 0 atom stereocenters. The lowest BCUT2D eigenvalue weighted by molar-refractivity contribution is 0.103. The molecule has 3 rings (SSSR count). The van der Waals surface area contributed by atoms with E-state index < -0.39 is 0 Å². The fourth-order valence-corrected chi connectivity index (χ4v) is 3.98. The molecule has 0 aliphatic heterocycles. The zero-order valence-electron chi connectivity index (χ0n) is 11.4. The number of nitrogens with zero attached hydrogens (tertiary/aromatic N) is 1. The number of thiophene rings is 1. The summed E-state index contributed by atoms with van der Waals surface area (Å²) in [6.07, 6.45) is 0. The molecule has 2 aromatic heterocycles. The molecule has 0 aliphatic carbocycles. The Labute approximate surface area is 145 Å². The van der Waals surface area contributed by atoms with Crippen molar-refractivity contribution >= 4 is 57.5 Å². The van der Waals surface area contributed by atoms with Gasteiger partial charge in [-0.25, -0.2) is 4.98 Å². The molecule has 1 aromatic carbocycles. The molecule has 1 N–H and O–H groups in total. The Morgan fingerprint density at radius 3 is 2.82 bits per heavy atom. The fraction of sp³-hybridized carbons (Fsp3) is 0.0667. The molecule has 0 radical (unpaired) electrons. The van der Waals surface area contributed by atoms with Crippen molar-refractivity contribution in [3.05, 3.63) is 56.3 Å². The van der Waals surface area contributed by atoms with Gasteiger partial charge in [-0.15, -0.1) is 22.7 Å². The van der Waals surface area contributed by atoms with E-state index in [2.05, 4.69) is 10.3 Å². The number of benzene rings is 1. The van der Waals surface area contributed by atoms with E-state index in [1.54, 1.807) is 29.5 Å². The maximum atomic E-state index is 12.4. The number of halogens is 2. The summed E-state index contributed by atoms with van der Waals surface area (Å²) >= 11 is 15.0. The second-order valence-electron chi connectivity index (χ2n) is 4.49. The molecule has 0 saturated heterocycles. The van der Waals surface area contributed by atoms with Gasteiger partial charge in [-0.1, -0.05) is 29.3 Å². The second kappa shape index (κ2) is 6.38. The number of amides is 1. The number of aromatic nitrogens is 1. The van der Waals surface area contributed by atoms with Crippen molar-refractivity contribution in [2.24, 2.45) is 0 Å². The van der Waals surface area contributed by atoms with Crippen molar-refractivity contribution in [1.29, 1.82) is 0 Å². The zero-order valence-corrected chi connectivity index (χ0v) is 14.5. The molecule has 112 valence electrons. The summed E-state index contributed by atoms with van der Waals surface area (Å²) in [6, 6.07) is 8.89. The van der Waals surface area contributed by atoms with Crippen molar-refractivity contribution in [3.63, 3.8) is 0 Å². The second-order valence-corrected chi connectivity index (χ2v) is 7.28. The summed E-state index contributed by atoms with van der Waals surface area (Å²) in [4.78, 5) is 18.5. The van der Waals surface area contributed by atoms with Gasteiger partial charge in [-0.2, -0.15) is 0 Å². The van der Waals surface area contributed by atoms with Gasteiger partial charge in [-0.05, 0) is 36.6 Å². The van der Waals surface area contributed by atoms with Crippen LogP contribution < -0.4 is 5.32 Å². The first-order valence-electron chi connectivity index (χ1n) is 6.32. The number of carbonyl (C=O) groups is 1. The molecule has 3 nitrogen and oxygen atoms in total. The van der Waals surface area contributed by atoms with Gasteiger partial charge in [0.15, 0.2) is 0 Å². The Morgan fingerprint density at radius 1 is 1.27 bits per heavy atom. The first-order chi connectivity index (χ1) is 10.5. The van der Waals surface area contributed by atoms with E-state index in [0.29, 0.717) is 26.3 Å². The Kier molecular flexibility index (Phi) is 4.49. The minimum absolute atomic E-state index is 0.234. The number of rotatable bonds is 3. The minimum atomic E-state index is -0.234. The van der Waals surface area contributed by atoms with Gasteiger partial charge in [-0.3, -0.25) is 4.79 Å². The lowest BCUT2D eigenvalue weighted by Crippen LogP contribution is -2.11. The summed E-state index contributed by atoms with van der Waals surface area (Å²) in [7, 11) is 0. The van der Waals surface area contributed by atoms with E-state index in [4.69, 9.17) is 23.2 Å². The largest absolute Gasteiger partial charge is 0.320 e. The van der Waals surface area contributed by atoms with Crippen LogP contribution in [0.5, 0.6) is 0 Å². The first kappa shape index (κ1) is 15.5. The number of anilines is 1. The van der Waals surface area contributed by atoms with Crippen LogP contribution >= 0.6 is 45.9 Å². The van der Waals surface area contributed by atoms with E-state index in [-0.39, 0.29) is 5.91 Å². The lowest BCUT2D eigenvalue weighted by atomic mass is 10.3. The molecule has 0 bridgehead atoms. The van der Waals surface area contributed by atoms with Gasteiger partial charge < -0.3 is 5.32 Å². The molecule has 0 saturated carbocycles. The molecule has 0 fully saturated rings. The van der Waals surface area contributed by atoms with Gasteiger partial charge in [0.2, 0.25) is 0 Å². The maximum Gasteiger partial charge on any atom is 0.267 e. The molecule has 2 heterocycles. The normalized spacial score (nSPS) is 10.7. The first-order valence-corrected chi connectivity index (χ1v) is 8.77. The summed E-state index contributed by atoms with van der Waals surface area (Å²) < 4.78 is 0. The molecule has 3 aromatic rings. The summed E-state index contributed by atoms with van der Waals surface area (Å²) in [5.74, 6) is -0.234. The summed E-state index contributed by atoms with van der Waals surface area (Å²) in [6.45, 7) is 1.82. The predicted octanol–water partition coefficient (Wildman–Crippen LogP) is 5.74. The predicted molar refractivity (Wildman–Crippen MR) is 94.6 cm³/mol. The summed E-state index contributed by atoms with van der Waals surface area (Å²) in [5.41, 5.74) is 1.19. The zero-order chi connectivity index (χ0) is 15.7. The van der Waals surface area contributed by atoms with E-state index in [0.717, 1.165) is 9.88 Å². The molecule has 0 spiro atoms. The van der Waals surface area contributed by atoms with Gasteiger partial charge in [0, 0.05) is 5.02 Å². The number of thiazole rings is 1. The highest BCUT2D eigenvalue weighted by atomic mass is 35.5. The number of hydrogen-bond donors (Lipinski definition) is 1. The van der Waals surface area contributed by atoms with E-state index in [1.807, 2.05) is 24.4 Å². The van der Waals surface area contributed by atoms with Crippen LogP contribution in [0, 0.1) is 6.92 Å². The lowest BCUT2D eigenvalue weighted by Gasteiger charge is -2.06. The average Bonchev–Trinajstić information content (AvgIpc) is 3.11. The van der Waals surface area contributed by atoms with Crippen LogP contribution in [-0.4, -0.2) is 10.9 Å². The third kappa shape index (κ3) is 3.17. The Balaban J connectivity index is 1.88. The number of hydrogen-bond acceptors (Lipinski definition) is 4. The Bertz CT molecular complexity index is 828. The molecule has 22 heavy (non-hydrogen) atoms. The molecule has 7 heteroatoms. The molecule has 1 amide bonds. The number of carbonyl (C=O) groups excluding carboxylic acids is 1. The van der Waals surface area contributed by atoms with Crippen LogP contribution in [0.1, 0.15) is 15.4 Å². The molecular weight excluding hydrogens is 359 g/mol. The quantitative estimate of drug-likeness (QED) is 0.640. The highest BCUT2D eigenvalue weighted by Crippen LogP contribution is 2.32. The Hall–Kier alpha value is -1.40. The van der Waals surface area contributed by atoms with Crippen LogP contribution in [0.15, 0.2) is 35.7 Å². The topological polar surface area (TPSA) is 42.0 Å². The molecular formula is C15H10Cl2N2OS2. The van der Waals surface area contributed by atoms with Crippen molar-refractivity contribution < 1.29 is 4.79 Å². The van der Waals surface area contributed by atoms with Crippen LogP contribution in [0.2, 0.25) is 10.0 Å².